The van der Waals surface area contributed by atoms with E-state index in [1.807, 2.05) is 23.2 Å². The van der Waals surface area contributed by atoms with E-state index in [0.717, 1.165) is 79.6 Å². The molecule has 2 fully saturated rings. The number of hydrogen-bond donors (Lipinski definition) is 3. The number of aromatic amines is 1. The van der Waals surface area contributed by atoms with Gasteiger partial charge < -0.3 is 20.5 Å². The van der Waals surface area contributed by atoms with Gasteiger partial charge in [0.1, 0.15) is 16.6 Å². The second-order valence-corrected chi connectivity index (χ2v) is 9.69. The summed E-state index contributed by atoms with van der Waals surface area (Å²) in [5.41, 5.74) is 2.98. The number of fused-ring (bicyclic) bond motifs is 1. The lowest BCUT2D eigenvalue weighted by Gasteiger charge is -2.36. The first-order valence-corrected chi connectivity index (χ1v) is 12.3. The highest BCUT2D eigenvalue weighted by Crippen LogP contribution is 2.31. The molecule has 1 amide bonds. The molecule has 1 aliphatic carbocycles. The van der Waals surface area contributed by atoms with Gasteiger partial charge in [-0.3, -0.25) is 4.79 Å². The second kappa shape index (κ2) is 9.69. The molecule has 3 N–H and O–H groups in total. The zero-order valence-electron chi connectivity index (χ0n) is 19.0. The molecule has 3 aromatic heterocycles. The highest BCUT2D eigenvalue weighted by atomic mass is 35.5. The SMILES string of the molecule is CC(=O)N1CCC(NC2CCC(Nc3cc(-c4c[nH]c5ncccc45)cc(Cl)n3)CC2)CC1. The molecule has 5 rings (SSSR count). The van der Waals surface area contributed by atoms with Crippen molar-refractivity contribution < 1.29 is 4.79 Å². The number of pyridine rings is 2. The molecule has 33 heavy (non-hydrogen) atoms. The molecule has 8 heteroatoms. The maximum atomic E-state index is 11.5. The molecular formula is C25H31ClN6O. The fourth-order valence-electron chi connectivity index (χ4n) is 5.23. The third kappa shape index (κ3) is 5.14. The number of likely N-dealkylation sites (tertiary alicyclic amines) is 1. The first kappa shape index (κ1) is 22.2. The Labute approximate surface area is 199 Å². The van der Waals surface area contributed by atoms with Gasteiger partial charge in [0, 0.05) is 61.5 Å². The minimum atomic E-state index is 0.194. The van der Waals surface area contributed by atoms with Crippen molar-refractivity contribution in [2.45, 2.75) is 63.6 Å². The van der Waals surface area contributed by atoms with Crippen LogP contribution in [0.15, 0.2) is 36.7 Å². The summed E-state index contributed by atoms with van der Waals surface area (Å²) in [7, 11) is 0. The van der Waals surface area contributed by atoms with E-state index in [1.54, 1.807) is 13.1 Å². The fraction of sp³-hybridized carbons (Fsp3) is 0.480. The van der Waals surface area contributed by atoms with Crippen LogP contribution in [0.5, 0.6) is 0 Å². The molecule has 0 atom stereocenters. The van der Waals surface area contributed by atoms with Crippen LogP contribution in [0.3, 0.4) is 0 Å². The van der Waals surface area contributed by atoms with Gasteiger partial charge in [-0.1, -0.05) is 11.6 Å². The molecular weight excluding hydrogens is 436 g/mol. The number of hydrogen-bond acceptors (Lipinski definition) is 5. The Hall–Kier alpha value is -2.64. The lowest BCUT2D eigenvalue weighted by Crippen LogP contribution is -2.48. The summed E-state index contributed by atoms with van der Waals surface area (Å²) in [4.78, 5) is 25.6. The number of halogens is 1. The molecule has 0 radical (unpaired) electrons. The van der Waals surface area contributed by atoms with Gasteiger partial charge in [-0.2, -0.15) is 0 Å². The summed E-state index contributed by atoms with van der Waals surface area (Å²) in [6.45, 7) is 3.41. The summed E-state index contributed by atoms with van der Waals surface area (Å²) in [6.07, 6.45) is 10.4. The number of rotatable bonds is 5. The standard InChI is InChI=1S/C25H31ClN6O/c1-16(33)32-11-8-20(9-12-32)29-18-4-6-19(7-5-18)30-24-14-17(13-23(26)31-24)22-15-28-25-21(22)3-2-10-27-25/h2-3,10,13-15,18-20,29H,4-9,11-12H2,1H3,(H,27,28)(H,30,31). The molecule has 1 aliphatic heterocycles. The maximum Gasteiger partial charge on any atom is 0.219 e. The highest BCUT2D eigenvalue weighted by Gasteiger charge is 2.26. The van der Waals surface area contributed by atoms with Crippen LogP contribution in [0.2, 0.25) is 5.15 Å². The number of nitrogens with one attached hydrogen (secondary N) is 3. The molecule has 2 aliphatic rings. The van der Waals surface area contributed by atoms with Gasteiger partial charge in [0.2, 0.25) is 5.91 Å². The second-order valence-electron chi connectivity index (χ2n) is 9.31. The van der Waals surface area contributed by atoms with Gasteiger partial charge in [0.15, 0.2) is 0 Å². The van der Waals surface area contributed by atoms with E-state index in [4.69, 9.17) is 11.6 Å². The molecule has 1 saturated carbocycles. The number of amides is 1. The van der Waals surface area contributed by atoms with Crippen LogP contribution >= 0.6 is 11.6 Å². The Kier molecular flexibility index (Phi) is 6.51. The third-order valence-corrected chi connectivity index (χ3v) is 7.24. The van der Waals surface area contributed by atoms with Gasteiger partial charge in [-0.05, 0) is 68.4 Å². The van der Waals surface area contributed by atoms with Crippen molar-refractivity contribution in [1.29, 1.82) is 0 Å². The van der Waals surface area contributed by atoms with Crippen LogP contribution in [0.25, 0.3) is 22.2 Å². The molecule has 7 nitrogen and oxygen atoms in total. The first-order valence-electron chi connectivity index (χ1n) is 11.9. The quantitative estimate of drug-likeness (QED) is 0.478. The Morgan fingerprint density at radius 3 is 2.58 bits per heavy atom. The van der Waals surface area contributed by atoms with Gasteiger partial charge in [0.25, 0.3) is 0 Å². The molecule has 174 valence electrons. The number of piperidine rings is 1. The predicted octanol–water partition coefficient (Wildman–Crippen LogP) is 4.60. The van der Waals surface area contributed by atoms with Crippen LogP contribution < -0.4 is 10.6 Å². The van der Waals surface area contributed by atoms with E-state index in [0.29, 0.717) is 23.3 Å². The van der Waals surface area contributed by atoms with E-state index in [9.17, 15) is 4.79 Å². The van der Waals surface area contributed by atoms with Gasteiger partial charge in [-0.15, -0.1) is 0 Å². The molecule has 1 saturated heterocycles. The topological polar surface area (TPSA) is 85.9 Å². The van der Waals surface area contributed by atoms with Crippen LogP contribution in [-0.2, 0) is 4.79 Å². The number of carbonyl (C=O) groups is 1. The van der Waals surface area contributed by atoms with E-state index >= 15 is 0 Å². The minimum absolute atomic E-state index is 0.194. The largest absolute Gasteiger partial charge is 0.367 e. The minimum Gasteiger partial charge on any atom is -0.367 e. The molecule has 0 unspecified atom stereocenters. The number of aromatic nitrogens is 3. The molecule has 0 spiro atoms. The average Bonchev–Trinajstić information content (AvgIpc) is 3.25. The Bertz CT molecular complexity index is 1120. The number of anilines is 1. The monoisotopic (exact) mass is 466 g/mol. The average molecular weight is 467 g/mol. The van der Waals surface area contributed by atoms with Crippen molar-refractivity contribution in [2.24, 2.45) is 0 Å². The normalized spacial score (nSPS) is 21.9. The summed E-state index contributed by atoms with van der Waals surface area (Å²) in [5, 5.41) is 9.03. The molecule has 0 aromatic carbocycles. The Balaban J connectivity index is 1.17. The van der Waals surface area contributed by atoms with E-state index in [-0.39, 0.29) is 5.91 Å². The molecule has 0 bridgehead atoms. The smallest absolute Gasteiger partial charge is 0.219 e. The van der Waals surface area contributed by atoms with Crippen molar-refractivity contribution in [1.82, 2.24) is 25.2 Å². The Morgan fingerprint density at radius 1 is 1.09 bits per heavy atom. The summed E-state index contributed by atoms with van der Waals surface area (Å²) in [5.74, 6) is 1.02. The maximum absolute atomic E-state index is 11.5. The van der Waals surface area contributed by atoms with E-state index in [2.05, 4.69) is 37.7 Å². The van der Waals surface area contributed by atoms with Crippen molar-refractivity contribution in [3.8, 4) is 11.1 Å². The van der Waals surface area contributed by atoms with Crippen LogP contribution in [0.1, 0.15) is 45.4 Å². The fourth-order valence-corrected chi connectivity index (χ4v) is 5.44. The highest BCUT2D eigenvalue weighted by molar-refractivity contribution is 6.29. The number of carbonyl (C=O) groups excluding carboxylic acids is 1. The van der Waals surface area contributed by atoms with E-state index in [1.165, 1.54) is 0 Å². The molecule has 4 heterocycles. The van der Waals surface area contributed by atoms with Crippen LogP contribution in [0, 0.1) is 0 Å². The zero-order chi connectivity index (χ0) is 22.8. The summed E-state index contributed by atoms with van der Waals surface area (Å²) in [6, 6.07) is 9.46. The third-order valence-electron chi connectivity index (χ3n) is 7.05. The van der Waals surface area contributed by atoms with Crippen molar-refractivity contribution in [3.05, 3.63) is 41.8 Å². The van der Waals surface area contributed by atoms with Crippen LogP contribution in [-0.4, -0.2) is 57.0 Å². The van der Waals surface area contributed by atoms with Crippen molar-refractivity contribution in [3.63, 3.8) is 0 Å². The van der Waals surface area contributed by atoms with Crippen LogP contribution in [0.4, 0.5) is 5.82 Å². The number of nitrogens with zero attached hydrogens (tertiary/aromatic N) is 3. The summed E-state index contributed by atoms with van der Waals surface area (Å²) >= 11 is 6.39. The zero-order valence-corrected chi connectivity index (χ0v) is 19.7. The van der Waals surface area contributed by atoms with Gasteiger partial charge >= 0.3 is 0 Å². The number of H-pyrrole nitrogens is 1. The van der Waals surface area contributed by atoms with E-state index < -0.39 is 0 Å². The van der Waals surface area contributed by atoms with Crippen molar-refractivity contribution >= 4 is 34.4 Å². The molecule has 3 aromatic rings. The predicted molar refractivity (Wildman–Crippen MR) is 132 cm³/mol. The van der Waals surface area contributed by atoms with Crippen molar-refractivity contribution in [2.75, 3.05) is 18.4 Å². The van der Waals surface area contributed by atoms with Gasteiger partial charge in [0.05, 0.1) is 0 Å². The van der Waals surface area contributed by atoms with Gasteiger partial charge in [-0.25, -0.2) is 9.97 Å². The lowest BCUT2D eigenvalue weighted by molar-refractivity contribution is -0.129. The Morgan fingerprint density at radius 2 is 1.82 bits per heavy atom. The first-order chi connectivity index (χ1) is 16.0. The lowest BCUT2D eigenvalue weighted by atomic mass is 9.90. The summed E-state index contributed by atoms with van der Waals surface area (Å²) < 4.78 is 0.